The first-order chi connectivity index (χ1) is 11.2. The maximum atomic E-state index is 6.18. The molecule has 0 saturated heterocycles. The van der Waals surface area contributed by atoms with Crippen molar-refractivity contribution in [2.75, 3.05) is 0 Å². The van der Waals surface area contributed by atoms with Crippen molar-refractivity contribution in [1.29, 1.82) is 0 Å². The van der Waals surface area contributed by atoms with E-state index in [4.69, 9.17) is 28.2 Å². The second kappa shape index (κ2) is 6.93. The molecular formula is C16H15ClN4OS. The van der Waals surface area contributed by atoms with Crippen molar-refractivity contribution >= 4 is 30.0 Å². The van der Waals surface area contributed by atoms with Gasteiger partial charge < -0.3 is 4.42 Å². The van der Waals surface area contributed by atoms with Crippen LogP contribution in [0.3, 0.4) is 0 Å². The summed E-state index contributed by atoms with van der Waals surface area (Å²) in [5, 5.41) is 11.9. The van der Waals surface area contributed by atoms with Crippen molar-refractivity contribution < 1.29 is 4.42 Å². The summed E-state index contributed by atoms with van der Waals surface area (Å²) in [7, 11) is 0. The van der Waals surface area contributed by atoms with E-state index >= 15 is 0 Å². The van der Waals surface area contributed by atoms with E-state index in [1.165, 1.54) is 0 Å². The average Bonchev–Trinajstić information content (AvgIpc) is 3.14. The fraction of sp³-hybridized carbons (Fsp3) is 0.188. The first kappa shape index (κ1) is 15.7. The number of hydrogen-bond acceptors (Lipinski definition) is 4. The molecule has 0 spiro atoms. The zero-order valence-electron chi connectivity index (χ0n) is 12.5. The van der Waals surface area contributed by atoms with Crippen LogP contribution in [-0.4, -0.2) is 21.1 Å². The third-order valence-corrected chi connectivity index (χ3v) is 3.85. The van der Waals surface area contributed by atoms with Crippen LogP contribution in [0.25, 0.3) is 11.3 Å². The third kappa shape index (κ3) is 3.43. The second-order valence-corrected chi connectivity index (χ2v) is 5.73. The van der Waals surface area contributed by atoms with Gasteiger partial charge in [-0.1, -0.05) is 30.7 Å². The molecule has 2 heterocycles. The molecular weight excluding hydrogens is 332 g/mol. The number of aromatic nitrogens is 3. The lowest BCUT2D eigenvalue weighted by molar-refractivity contribution is 0.574. The largest absolute Gasteiger partial charge is 0.455 e. The Bertz CT molecular complexity index is 893. The summed E-state index contributed by atoms with van der Waals surface area (Å²) in [6.07, 6.45) is 3.38. The lowest BCUT2D eigenvalue weighted by atomic mass is 10.2. The fourth-order valence-corrected chi connectivity index (χ4v) is 2.60. The van der Waals surface area contributed by atoms with Crippen molar-refractivity contribution in [3.8, 4) is 11.3 Å². The number of rotatable bonds is 5. The van der Waals surface area contributed by atoms with Gasteiger partial charge in [0.25, 0.3) is 0 Å². The van der Waals surface area contributed by atoms with Gasteiger partial charge in [-0.05, 0) is 42.9 Å². The minimum absolute atomic E-state index is 0.461. The Morgan fingerprint density at radius 1 is 1.35 bits per heavy atom. The maximum absolute atomic E-state index is 6.18. The van der Waals surface area contributed by atoms with E-state index in [-0.39, 0.29) is 0 Å². The van der Waals surface area contributed by atoms with Gasteiger partial charge in [-0.2, -0.15) is 14.9 Å². The number of H-pyrrole nitrogens is 1. The standard InChI is InChI=1S/C16H15ClN4OS/c1-2-5-15-19-20-16(23)21(15)18-10-11-8-9-14(22-11)12-6-3-4-7-13(12)17/h3-4,6-10H,2,5H2,1H3,(H,20,23)/b18-10+. The number of benzene rings is 1. The quantitative estimate of drug-likeness (QED) is 0.538. The van der Waals surface area contributed by atoms with Crippen LogP contribution in [-0.2, 0) is 6.42 Å². The predicted octanol–water partition coefficient (Wildman–Crippen LogP) is 4.69. The molecule has 3 aromatic rings. The molecule has 0 aliphatic carbocycles. The number of halogens is 1. The summed E-state index contributed by atoms with van der Waals surface area (Å²) in [5.74, 6) is 2.11. The Morgan fingerprint density at radius 2 is 2.17 bits per heavy atom. The van der Waals surface area contributed by atoms with Gasteiger partial charge >= 0.3 is 0 Å². The highest BCUT2D eigenvalue weighted by Gasteiger charge is 2.08. The van der Waals surface area contributed by atoms with Crippen LogP contribution in [0, 0.1) is 4.77 Å². The van der Waals surface area contributed by atoms with Crippen molar-refractivity contribution in [1.82, 2.24) is 14.9 Å². The van der Waals surface area contributed by atoms with Gasteiger partial charge in [-0.15, -0.1) is 0 Å². The van der Waals surface area contributed by atoms with Crippen LogP contribution in [0.2, 0.25) is 5.02 Å². The summed E-state index contributed by atoms with van der Waals surface area (Å²) < 4.78 is 7.85. The lowest BCUT2D eigenvalue weighted by Crippen LogP contribution is -1.98. The fourth-order valence-electron chi connectivity index (χ4n) is 2.17. The van der Waals surface area contributed by atoms with Crippen molar-refractivity contribution in [2.24, 2.45) is 5.10 Å². The molecule has 0 bridgehead atoms. The van der Waals surface area contributed by atoms with E-state index in [0.717, 1.165) is 24.2 Å². The third-order valence-electron chi connectivity index (χ3n) is 3.26. The molecule has 0 amide bonds. The summed E-state index contributed by atoms with van der Waals surface area (Å²) in [5.41, 5.74) is 0.848. The van der Waals surface area contributed by atoms with Gasteiger partial charge in [0.15, 0.2) is 5.82 Å². The Hall–Kier alpha value is -2.18. The van der Waals surface area contributed by atoms with Crippen molar-refractivity contribution in [3.63, 3.8) is 0 Å². The van der Waals surface area contributed by atoms with Crippen LogP contribution < -0.4 is 0 Å². The number of nitrogens with one attached hydrogen (secondary N) is 1. The number of aryl methyl sites for hydroxylation is 1. The first-order valence-corrected chi connectivity index (χ1v) is 8.03. The minimum Gasteiger partial charge on any atom is -0.455 e. The highest BCUT2D eigenvalue weighted by Crippen LogP contribution is 2.28. The molecule has 0 saturated carbocycles. The Kier molecular flexibility index (Phi) is 4.73. The molecule has 2 aromatic heterocycles. The van der Waals surface area contributed by atoms with Crippen LogP contribution >= 0.6 is 23.8 Å². The first-order valence-electron chi connectivity index (χ1n) is 7.24. The van der Waals surface area contributed by atoms with Crippen LogP contribution in [0.1, 0.15) is 24.9 Å². The number of furan rings is 1. The Balaban J connectivity index is 1.86. The molecule has 1 aromatic carbocycles. The molecule has 5 nitrogen and oxygen atoms in total. The van der Waals surface area contributed by atoms with Gasteiger partial charge in [0.05, 0.1) is 11.2 Å². The lowest BCUT2D eigenvalue weighted by Gasteiger charge is -1.99. The molecule has 0 aliphatic heterocycles. The molecule has 0 atom stereocenters. The molecule has 1 N–H and O–H groups in total. The second-order valence-electron chi connectivity index (χ2n) is 4.93. The van der Waals surface area contributed by atoms with Gasteiger partial charge in [0.1, 0.15) is 11.5 Å². The molecule has 0 fully saturated rings. The van der Waals surface area contributed by atoms with Gasteiger partial charge in [-0.3, -0.25) is 5.10 Å². The normalized spacial score (nSPS) is 11.4. The van der Waals surface area contributed by atoms with Gasteiger partial charge in [-0.25, -0.2) is 0 Å². The van der Waals surface area contributed by atoms with Crippen LogP contribution in [0.5, 0.6) is 0 Å². The number of hydrogen-bond donors (Lipinski definition) is 1. The molecule has 118 valence electrons. The summed E-state index contributed by atoms with van der Waals surface area (Å²) >= 11 is 11.4. The van der Waals surface area contributed by atoms with Crippen LogP contribution in [0.4, 0.5) is 0 Å². The SMILES string of the molecule is CCCc1n[nH]c(=S)n1/N=C/c1ccc(-c2ccccc2Cl)o1. The summed E-state index contributed by atoms with van der Waals surface area (Å²) in [6.45, 7) is 2.08. The smallest absolute Gasteiger partial charge is 0.216 e. The molecule has 23 heavy (non-hydrogen) atoms. The van der Waals surface area contributed by atoms with E-state index in [1.54, 1.807) is 10.9 Å². The van der Waals surface area contributed by atoms with Gasteiger partial charge in [0.2, 0.25) is 4.77 Å². The van der Waals surface area contributed by atoms with Crippen molar-refractivity contribution in [2.45, 2.75) is 19.8 Å². The van der Waals surface area contributed by atoms with Crippen LogP contribution in [0.15, 0.2) is 45.9 Å². The molecule has 0 unspecified atom stereocenters. The van der Waals surface area contributed by atoms with E-state index in [1.807, 2.05) is 36.4 Å². The zero-order chi connectivity index (χ0) is 16.2. The van der Waals surface area contributed by atoms with E-state index in [9.17, 15) is 0 Å². The summed E-state index contributed by atoms with van der Waals surface area (Å²) in [4.78, 5) is 0. The highest BCUT2D eigenvalue weighted by atomic mass is 35.5. The van der Waals surface area contributed by atoms with Crippen molar-refractivity contribution in [3.05, 3.63) is 57.8 Å². The molecule has 3 rings (SSSR count). The van der Waals surface area contributed by atoms with E-state index in [0.29, 0.717) is 21.3 Å². The van der Waals surface area contributed by atoms with E-state index < -0.39 is 0 Å². The number of aromatic amines is 1. The topological polar surface area (TPSA) is 59.1 Å². The molecule has 7 heteroatoms. The average molecular weight is 347 g/mol. The number of nitrogens with zero attached hydrogens (tertiary/aromatic N) is 3. The van der Waals surface area contributed by atoms with E-state index in [2.05, 4.69) is 22.2 Å². The van der Waals surface area contributed by atoms with Gasteiger partial charge in [0, 0.05) is 12.0 Å². The maximum Gasteiger partial charge on any atom is 0.216 e. The minimum atomic E-state index is 0.461. The molecule has 0 aliphatic rings. The zero-order valence-corrected chi connectivity index (χ0v) is 14.1. The summed E-state index contributed by atoms with van der Waals surface area (Å²) in [6, 6.07) is 11.2. The molecule has 0 radical (unpaired) electrons. The highest BCUT2D eigenvalue weighted by molar-refractivity contribution is 7.71. The Labute approximate surface area is 143 Å². The Morgan fingerprint density at radius 3 is 2.96 bits per heavy atom. The predicted molar refractivity (Wildman–Crippen MR) is 93.6 cm³/mol. The monoisotopic (exact) mass is 346 g/mol.